The van der Waals surface area contributed by atoms with Gasteiger partial charge in [0.05, 0.1) is 19.9 Å². The number of amides is 1. The van der Waals surface area contributed by atoms with Gasteiger partial charge in [0.25, 0.3) is 5.91 Å². The van der Waals surface area contributed by atoms with E-state index in [1.807, 2.05) is 0 Å². The lowest BCUT2D eigenvalue weighted by Crippen LogP contribution is -2.14. The summed E-state index contributed by atoms with van der Waals surface area (Å²) >= 11 is 5.83. The number of methoxy groups -OCH3 is 2. The Kier molecular flexibility index (Phi) is 5.82. The van der Waals surface area contributed by atoms with Crippen LogP contribution in [0.1, 0.15) is 15.9 Å². The smallest absolute Gasteiger partial charge is 0.255 e. The van der Waals surface area contributed by atoms with Gasteiger partial charge in [-0.25, -0.2) is 4.39 Å². The van der Waals surface area contributed by atoms with E-state index in [2.05, 4.69) is 11.9 Å². The first-order valence-corrected chi connectivity index (χ1v) is 7.50. The number of anilines is 1. The number of carbonyl (C=O) groups is 1. The zero-order valence-electron chi connectivity index (χ0n) is 13.4. The molecule has 126 valence electrons. The molecule has 0 aliphatic rings. The maximum atomic E-state index is 13.8. The molecule has 2 aromatic carbocycles. The van der Waals surface area contributed by atoms with E-state index in [1.165, 1.54) is 38.5 Å². The molecule has 0 radical (unpaired) electrons. The fourth-order valence-corrected chi connectivity index (χ4v) is 2.44. The van der Waals surface area contributed by atoms with Crippen LogP contribution in [0.5, 0.6) is 11.5 Å². The fourth-order valence-electron chi connectivity index (χ4n) is 2.27. The molecule has 0 heterocycles. The largest absolute Gasteiger partial charge is 0.493 e. The highest BCUT2D eigenvalue weighted by Gasteiger charge is 2.17. The van der Waals surface area contributed by atoms with Gasteiger partial charge in [-0.3, -0.25) is 4.79 Å². The summed E-state index contributed by atoms with van der Waals surface area (Å²) < 4.78 is 24.4. The van der Waals surface area contributed by atoms with E-state index in [4.69, 9.17) is 21.1 Å². The van der Waals surface area contributed by atoms with Gasteiger partial charge in [0.15, 0.2) is 11.5 Å². The summed E-state index contributed by atoms with van der Waals surface area (Å²) in [5, 5.41) is 2.83. The van der Waals surface area contributed by atoms with E-state index in [0.717, 1.165) is 5.56 Å². The summed E-state index contributed by atoms with van der Waals surface area (Å²) in [7, 11) is 3.00. The average Bonchev–Trinajstić information content (AvgIpc) is 2.57. The number of nitrogens with one attached hydrogen (secondary N) is 1. The van der Waals surface area contributed by atoms with E-state index < -0.39 is 11.7 Å². The standard InChI is InChI=1S/C18H17ClFNO3/c1-4-5-11-8-12(9-16(23-2)17(11)24-3)18(22)21-15-10-13(19)6-7-14(15)20/h4,6-10H,1,5H2,2-3H3,(H,21,22). The van der Waals surface area contributed by atoms with Gasteiger partial charge in [-0.05, 0) is 36.8 Å². The Bertz CT molecular complexity index is 777. The topological polar surface area (TPSA) is 47.6 Å². The second-order valence-corrected chi connectivity index (χ2v) is 5.38. The zero-order valence-corrected chi connectivity index (χ0v) is 14.1. The van der Waals surface area contributed by atoms with Crippen LogP contribution in [0, 0.1) is 5.82 Å². The second-order valence-electron chi connectivity index (χ2n) is 4.94. The van der Waals surface area contributed by atoms with Gasteiger partial charge in [0.1, 0.15) is 5.82 Å². The van der Waals surface area contributed by atoms with Gasteiger partial charge in [-0.15, -0.1) is 6.58 Å². The first kappa shape index (κ1) is 17.8. The van der Waals surface area contributed by atoms with Crippen molar-refractivity contribution in [1.82, 2.24) is 0 Å². The minimum absolute atomic E-state index is 0.00700. The third-order valence-corrected chi connectivity index (χ3v) is 3.59. The molecule has 0 spiro atoms. The Morgan fingerprint density at radius 2 is 2.04 bits per heavy atom. The quantitative estimate of drug-likeness (QED) is 0.782. The van der Waals surface area contributed by atoms with Crippen LogP contribution in [0.2, 0.25) is 5.02 Å². The van der Waals surface area contributed by atoms with Gasteiger partial charge in [-0.1, -0.05) is 17.7 Å². The number of benzene rings is 2. The van der Waals surface area contributed by atoms with Crippen molar-refractivity contribution in [3.05, 3.63) is 65.0 Å². The Labute approximate surface area is 144 Å². The van der Waals surface area contributed by atoms with Crippen molar-refractivity contribution in [2.45, 2.75) is 6.42 Å². The van der Waals surface area contributed by atoms with Gasteiger partial charge < -0.3 is 14.8 Å². The summed E-state index contributed by atoms with van der Waals surface area (Å²) in [6, 6.07) is 7.13. The Balaban J connectivity index is 2.40. The van der Waals surface area contributed by atoms with Crippen molar-refractivity contribution in [2.24, 2.45) is 0 Å². The highest BCUT2D eigenvalue weighted by molar-refractivity contribution is 6.31. The minimum atomic E-state index is -0.570. The first-order chi connectivity index (χ1) is 11.5. The number of allylic oxidation sites excluding steroid dienone is 1. The van der Waals surface area contributed by atoms with E-state index in [-0.39, 0.29) is 5.69 Å². The summed E-state index contributed by atoms with van der Waals surface area (Å²) in [5.74, 6) is -0.113. The van der Waals surface area contributed by atoms with Crippen LogP contribution in [-0.4, -0.2) is 20.1 Å². The van der Waals surface area contributed by atoms with Crippen LogP contribution >= 0.6 is 11.6 Å². The molecule has 4 nitrogen and oxygen atoms in total. The van der Waals surface area contributed by atoms with Crippen LogP contribution in [-0.2, 0) is 6.42 Å². The molecule has 0 aliphatic heterocycles. The number of carbonyl (C=O) groups excluding carboxylic acids is 1. The third kappa shape index (κ3) is 3.86. The molecule has 0 atom stereocenters. The summed E-state index contributed by atoms with van der Waals surface area (Å²) in [6.07, 6.45) is 2.18. The van der Waals surface area contributed by atoms with E-state index in [0.29, 0.717) is 28.5 Å². The van der Waals surface area contributed by atoms with Gasteiger partial charge >= 0.3 is 0 Å². The fraction of sp³-hybridized carbons (Fsp3) is 0.167. The molecule has 0 aromatic heterocycles. The van der Waals surface area contributed by atoms with Crippen molar-refractivity contribution in [2.75, 3.05) is 19.5 Å². The molecule has 24 heavy (non-hydrogen) atoms. The Hall–Kier alpha value is -2.53. The maximum absolute atomic E-state index is 13.8. The Morgan fingerprint density at radius 3 is 2.67 bits per heavy atom. The van der Waals surface area contributed by atoms with E-state index >= 15 is 0 Å². The SMILES string of the molecule is C=CCc1cc(C(=O)Nc2cc(Cl)ccc2F)cc(OC)c1OC. The van der Waals surface area contributed by atoms with E-state index in [1.54, 1.807) is 12.1 Å². The van der Waals surface area contributed by atoms with Gasteiger partial charge in [-0.2, -0.15) is 0 Å². The molecule has 1 N–H and O–H groups in total. The second kappa shape index (κ2) is 7.84. The number of halogens is 2. The molecular formula is C18H17ClFNO3. The molecular weight excluding hydrogens is 333 g/mol. The Morgan fingerprint density at radius 1 is 1.29 bits per heavy atom. The van der Waals surface area contributed by atoms with Crippen LogP contribution in [0.15, 0.2) is 43.0 Å². The first-order valence-electron chi connectivity index (χ1n) is 7.12. The zero-order chi connectivity index (χ0) is 17.7. The molecule has 6 heteroatoms. The van der Waals surface area contributed by atoms with Gasteiger partial charge in [0, 0.05) is 16.1 Å². The van der Waals surface area contributed by atoms with Crippen LogP contribution in [0.3, 0.4) is 0 Å². The van der Waals surface area contributed by atoms with Crippen LogP contribution in [0.4, 0.5) is 10.1 Å². The number of rotatable bonds is 6. The highest BCUT2D eigenvalue weighted by Crippen LogP contribution is 2.33. The van der Waals surface area contributed by atoms with Crippen LogP contribution < -0.4 is 14.8 Å². The van der Waals surface area contributed by atoms with Crippen molar-refractivity contribution >= 4 is 23.2 Å². The summed E-state index contributed by atoms with van der Waals surface area (Å²) in [6.45, 7) is 3.69. The number of ether oxygens (including phenoxy) is 2. The van der Waals surface area contributed by atoms with Gasteiger partial charge in [0.2, 0.25) is 0 Å². The summed E-state index contributed by atoms with van der Waals surface area (Å²) in [5.41, 5.74) is 1.06. The normalized spacial score (nSPS) is 10.2. The molecule has 0 bridgehead atoms. The lowest BCUT2D eigenvalue weighted by molar-refractivity contribution is 0.102. The van der Waals surface area contributed by atoms with Crippen molar-refractivity contribution < 1.29 is 18.7 Å². The predicted molar refractivity (Wildman–Crippen MR) is 92.8 cm³/mol. The van der Waals surface area contributed by atoms with Crippen LogP contribution in [0.25, 0.3) is 0 Å². The molecule has 0 saturated heterocycles. The predicted octanol–water partition coefficient (Wildman–Crippen LogP) is 4.48. The molecule has 0 saturated carbocycles. The lowest BCUT2D eigenvalue weighted by Gasteiger charge is -2.14. The average molecular weight is 350 g/mol. The van der Waals surface area contributed by atoms with Crippen molar-refractivity contribution in [1.29, 1.82) is 0 Å². The third-order valence-electron chi connectivity index (χ3n) is 3.36. The van der Waals surface area contributed by atoms with Crippen molar-refractivity contribution in [3.63, 3.8) is 0 Å². The molecule has 2 rings (SSSR count). The monoisotopic (exact) mass is 349 g/mol. The lowest BCUT2D eigenvalue weighted by atomic mass is 10.0. The molecule has 0 unspecified atom stereocenters. The molecule has 0 fully saturated rings. The molecule has 2 aromatic rings. The number of hydrogen-bond acceptors (Lipinski definition) is 3. The molecule has 0 aliphatic carbocycles. The maximum Gasteiger partial charge on any atom is 0.255 e. The summed E-state index contributed by atoms with van der Waals surface area (Å²) in [4.78, 5) is 12.5. The van der Waals surface area contributed by atoms with Crippen molar-refractivity contribution in [3.8, 4) is 11.5 Å². The molecule has 1 amide bonds. The van der Waals surface area contributed by atoms with E-state index in [9.17, 15) is 9.18 Å². The minimum Gasteiger partial charge on any atom is -0.493 e. The number of hydrogen-bond donors (Lipinski definition) is 1. The highest BCUT2D eigenvalue weighted by atomic mass is 35.5.